The molecule has 2 rings (SSSR count). The van der Waals surface area contributed by atoms with Gasteiger partial charge in [0.25, 0.3) is 5.69 Å². The van der Waals surface area contributed by atoms with Crippen LogP contribution in [0.25, 0.3) is 0 Å². The van der Waals surface area contributed by atoms with E-state index >= 15 is 0 Å². The minimum atomic E-state index is -0.491. The molecule has 0 aliphatic carbocycles. The van der Waals surface area contributed by atoms with Crippen LogP contribution < -0.4 is 5.32 Å². The summed E-state index contributed by atoms with van der Waals surface area (Å²) in [6.07, 6.45) is 1.62. The van der Waals surface area contributed by atoms with Gasteiger partial charge < -0.3 is 5.32 Å². The van der Waals surface area contributed by atoms with Gasteiger partial charge in [0.1, 0.15) is 11.5 Å². The van der Waals surface area contributed by atoms with Crippen molar-refractivity contribution in [1.82, 2.24) is 9.97 Å². The molecule has 7 nitrogen and oxygen atoms in total. The number of nitro benzene ring substituents is 1. The maximum Gasteiger partial charge on any atom is 0.292 e. The van der Waals surface area contributed by atoms with Crippen LogP contribution in [-0.4, -0.2) is 14.9 Å². The smallest absolute Gasteiger partial charge is 0.292 e. The first-order valence-electron chi connectivity index (χ1n) is 5.81. The summed E-state index contributed by atoms with van der Waals surface area (Å²) in [4.78, 5) is 18.6. The number of aryl methyl sites for hydroxylation is 1. The Bertz CT molecular complexity index is 693. The lowest BCUT2D eigenvalue weighted by Gasteiger charge is -2.07. The first kappa shape index (κ1) is 13.4. The summed E-state index contributed by atoms with van der Waals surface area (Å²) < 4.78 is 0. The van der Waals surface area contributed by atoms with E-state index in [0.29, 0.717) is 29.3 Å². The molecule has 0 saturated heterocycles. The van der Waals surface area contributed by atoms with E-state index in [0.717, 1.165) is 0 Å². The molecule has 0 unspecified atom stereocenters. The van der Waals surface area contributed by atoms with Gasteiger partial charge in [0.05, 0.1) is 28.8 Å². The SMILES string of the molecule is Cc1nccc(CNc2cc(C#N)ccc2[N+](=O)[O-])n1. The highest BCUT2D eigenvalue weighted by atomic mass is 16.6. The normalized spacial score (nSPS) is 9.80. The first-order valence-corrected chi connectivity index (χ1v) is 5.81. The zero-order valence-electron chi connectivity index (χ0n) is 10.7. The van der Waals surface area contributed by atoms with Gasteiger partial charge in [0.15, 0.2) is 0 Å². The molecule has 100 valence electrons. The van der Waals surface area contributed by atoms with Gasteiger partial charge in [0, 0.05) is 12.3 Å². The van der Waals surface area contributed by atoms with Crippen molar-refractivity contribution in [3.05, 3.63) is 57.7 Å². The second-order valence-electron chi connectivity index (χ2n) is 4.05. The highest BCUT2D eigenvalue weighted by Crippen LogP contribution is 2.25. The zero-order valence-corrected chi connectivity index (χ0v) is 10.7. The summed E-state index contributed by atoms with van der Waals surface area (Å²) in [6.45, 7) is 2.08. The molecule has 0 amide bonds. The summed E-state index contributed by atoms with van der Waals surface area (Å²) in [6, 6.07) is 7.85. The van der Waals surface area contributed by atoms with Crippen LogP contribution in [0.2, 0.25) is 0 Å². The maximum absolute atomic E-state index is 10.9. The molecule has 1 heterocycles. The third-order valence-electron chi connectivity index (χ3n) is 2.62. The number of hydrogen-bond acceptors (Lipinski definition) is 6. The van der Waals surface area contributed by atoms with Crippen LogP contribution in [0.5, 0.6) is 0 Å². The molecular formula is C13H11N5O2. The Morgan fingerprint density at radius 1 is 1.45 bits per heavy atom. The van der Waals surface area contributed by atoms with Crippen LogP contribution in [0.3, 0.4) is 0 Å². The number of nitro groups is 1. The molecule has 0 fully saturated rings. The number of benzene rings is 1. The predicted molar refractivity (Wildman–Crippen MR) is 71.9 cm³/mol. The van der Waals surface area contributed by atoms with Gasteiger partial charge in [-0.05, 0) is 25.1 Å². The summed E-state index contributed by atoms with van der Waals surface area (Å²) in [5.41, 5.74) is 1.30. The second kappa shape index (κ2) is 5.75. The van der Waals surface area contributed by atoms with Gasteiger partial charge in [0.2, 0.25) is 0 Å². The van der Waals surface area contributed by atoms with E-state index in [2.05, 4.69) is 15.3 Å². The number of rotatable bonds is 4. The number of nitriles is 1. The van der Waals surface area contributed by atoms with E-state index in [1.807, 2.05) is 6.07 Å². The van der Waals surface area contributed by atoms with Crippen LogP contribution in [0.1, 0.15) is 17.1 Å². The fraction of sp³-hybridized carbons (Fsp3) is 0.154. The monoisotopic (exact) mass is 269 g/mol. The van der Waals surface area contributed by atoms with E-state index in [9.17, 15) is 10.1 Å². The Morgan fingerprint density at radius 3 is 2.90 bits per heavy atom. The highest BCUT2D eigenvalue weighted by molar-refractivity contribution is 5.64. The number of nitrogens with one attached hydrogen (secondary N) is 1. The van der Waals surface area contributed by atoms with Crippen LogP contribution >= 0.6 is 0 Å². The van der Waals surface area contributed by atoms with Crippen molar-refractivity contribution >= 4 is 11.4 Å². The lowest BCUT2D eigenvalue weighted by Crippen LogP contribution is -2.05. The molecule has 7 heteroatoms. The van der Waals surface area contributed by atoms with Crippen molar-refractivity contribution in [2.75, 3.05) is 5.32 Å². The molecule has 0 saturated carbocycles. The number of nitrogens with zero attached hydrogens (tertiary/aromatic N) is 4. The van der Waals surface area contributed by atoms with Crippen LogP contribution in [0.4, 0.5) is 11.4 Å². The molecule has 1 aromatic carbocycles. The predicted octanol–water partition coefficient (Wildman–Crippen LogP) is 2.18. The molecule has 1 aromatic heterocycles. The second-order valence-corrected chi connectivity index (χ2v) is 4.05. The number of hydrogen-bond donors (Lipinski definition) is 1. The van der Waals surface area contributed by atoms with Gasteiger partial charge in [-0.1, -0.05) is 0 Å². The topological polar surface area (TPSA) is 105 Å². The standard InChI is InChI=1S/C13H11N5O2/c1-9-15-5-4-11(17-9)8-16-12-6-10(7-14)2-3-13(12)18(19)20/h2-6,16H,8H2,1H3. The van der Waals surface area contributed by atoms with E-state index in [1.165, 1.54) is 18.2 Å². The fourth-order valence-corrected chi connectivity index (χ4v) is 1.70. The molecule has 20 heavy (non-hydrogen) atoms. The third kappa shape index (κ3) is 3.05. The lowest BCUT2D eigenvalue weighted by molar-refractivity contribution is -0.384. The van der Waals surface area contributed by atoms with Gasteiger partial charge >= 0.3 is 0 Å². The maximum atomic E-state index is 10.9. The minimum Gasteiger partial charge on any atom is -0.374 e. The third-order valence-corrected chi connectivity index (χ3v) is 2.62. The molecular weight excluding hydrogens is 258 g/mol. The Hall–Kier alpha value is -3.01. The lowest BCUT2D eigenvalue weighted by atomic mass is 10.2. The fourth-order valence-electron chi connectivity index (χ4n) is 1.70. The summed E-state index contributed by atoms with van der Waals surface area (Å²) in [5, 5.41) is 22.7. The average molecular weight is 269 g/mol. The zero-order chi connectivity index (χ0) is 14.5. The molecule has 0 atom stereocenters. The molecule has 0 radical (unpaired) electrons. The molecule has 0 bridgehead atoms. The van der Waals surface area contributed by atoms with Crippen molar-refractivity contribution in [3.8, 4) is 6.07 Å². The van der Waals surface area contributed by atoms with Crippen LogP contribution in [0.15, 0.2) is 30.5 Å². The van der Waals surface area contributed by atoms with Gasteiger partial charge in [-0.15, -0.1) is 0 Å². The average Bonchev–Trinajstić information content (AvgIpc) is 2.44. The summed E-state index contributed by atoms with van der Waals surface area (Å²) in [7, 11) is 0. The van der Waals surface area contributed by atoms with Gasteiger partial charge in [-0.25, -0.2) is 9.97 Å². The summed E-state index contributed by atoms with van der Waals surface area (Å²) >= 11 is 0. The van der Waals surface area contributed by atoms with Crippen LogP contribution in [0, 0.1) is 28.4 Å². The molecule has 0 spiro atoms. The number of aromatic nitrogens is 2. The first-order chi connectivity index (χ1) is 9.60. The minimum absolute atomic E-state index is 0.0743. The summed E-state index contributed by atoms with van der Waals surface area (Å²) in [5.74, 6) is 0.629. The Balaban J connectivity index is 2.24. The van der Waals surface area contributed by atoms with Crippen molar-refractivity contribution in [2.45, 2.75) is 13.5 Å². The Kier molecular flexibility index (Phi) is 3.86. The number of anilines is 1. The molecule has 0 aliphatic rings. The van der Waals surface area contributed by atoms with E-state index in [1.54, 1.807) is 19.2 Å². The van der Waals surface area contributed by atoms with Crippen LogP contribution in [-0.2, 0) is 6.54 Å². The molecule has 2 aromatic rings. The van der Waals surface area contributed by atoms with E-state index < -0.39 is 4.92 Å². The Morgan fingerprint density at radius 2 is 2.25 bits per heavy atom. The molecule has 0 aliphatic heterocycles. The molecule has 1 N–H and O–H groups in total. The van der Waals surface area contributed by atoms with Gasteiger partial charge in [-0.2, -0.15) is 5.26 Å². The van der Waals surface area contributed by atoms with E-state index in [-0.39, 0.29) is 5.69 Å². The van der Waals surface area contributed by atoms with Crippen molar-refractivity contribution in [3.63, 3.8) is 0 Å². The van der Waals surface area contributed by atoms with Crippen molar-refractivity contribution in [1.29, 1.82) is 5.26 Å². The van der Waals surface area contributed by atoms with E-state index in [4.69, 9.17) is 5.26 Å². The largest absolute Gasteiger partial charge is 0.374 e. The Labute approximate surface area is 115 Å². The van der Waals surface area contributed by atoms with Gasteiger partial charge in [-0.3, -0.25) is 10.1 Å². The highest BCUT2D eigenvalue weighted by Gasteiger charge is 2.14. The quantitative estimate of drug-likeness (QED) is 0.673. The van der Waals surface area contributed by atoms with Crippen molar-refractivity contribution < 1.29 is 4.92 Å². The van der Waals surface area contributed by atoms with Crippen molar-refractivity contribution in [2.24, 2.45) is 0 Å².